The molecular weight excluding hydrogens is 650 g/mol. The number of anilines is 1. The SMILES string of the molecule is CC(=O)CC(=O)OCC1=C(C(=O)O)N2C(=O)[C@@H](NC(=O)/C(=N\OCC(=O)OC(C)(C)C)c3nc(N)sc3Br)[C@H]2SC1. The van der Waals surface area contributed by atoms with Crippen molar-refractivity contribution in [3.8, 4) is 0 Å². The third kappa shape index (κ3) is 8.04. The molecule has 1 aromatic heterocycles. The topological polar surface area (TPSA) is 217 Å². The van der Waals surface area contributed by atoms with Crippen LogP contribution in [0.15, 0.2) is 20.2 Å². The first-order valence-corrected chi connectivity index (χ1v) is 14.4. The van der Waals surface area contributed by atoms with E-state index in [9.17, 15) is 33.9 Å². The van der Waals surface area contributed by atoms with Gasteiger partial charge in [-0.1, -0.05) is 16.5 Å². The van der Waals surface area contributed by atoms with Gasteiger partial charge < -0.3 is 30.5 Å². The molecule has 1 saturated heterocycles. The number of hydrogen-bond acceptors (Lipinski definition) is 14. The van der Waals surface area contributed by atoms with Gasteiger partial charge in [-0.15, -0.1) is 11.8 Å². The molecule has 18 heteroatoms. The van der Waals surface area contributed by atoms with E-state index in [1.807, 2.05) is 0 Å². The van der Waals surface area contributed by atoms with Crippen molar-refractivity contribution in [2.75, 3.05) is 24.7 Å². The van der Waals surface area contributed by atoms with Crippen molar-refractivity contribution < 1.29 is 48.2 Å². The molecule has 0 saturated carbocycles. The molecule has 0 bridgehead atoms. The van der Waals surface area contributed by atoms with Crippen LogP contribution < -0.4 is 11.1 Å². The Morgan fingerprint density at radius 3 is 2.49 bits per heavy atom. The summed E-state index contributed by atoms with van der Waals surface area (Å²) in [4.78, 5) is 83.2. The number of halogens is 1. The molecule has 15 nitrogen and oxygen atoms in total. The number of hydrogen-bond donors (Lipinski definition) is 3. The second kappa shape index (κ2) is 13.0. The van der Waals surface area contributed by atoms with Crippen molar-refractivity contribution in [1.29, 1.82) is 0 Å². The fraction of sp³-hybridized carbons (Fsp3) is 0.478. The number of Topliss-reactive ketones (excluding diaryl/α,β-unsaturated/α-hetero) is 1. The number of nitrogens with zero attached hydrogens (tertiary/aromatic N) is 3. The number of carboxylic acid groups (broad SMARTS) is 1. The molecule has 3 heterocycles. The fourth-order valence-corrected chi connectivity index (χ4v) is 6.26. The van der Waals surface area contributed by atoms with E-state index in [1.54, 1.807) is 20.8 Å². The summed E-state index contributed by atoms with van der Waals surface area (Å²) < 4.78 is 10.5. The number of oxime groups is 1. The Bertz CT molecular complexity index is 1350. The molecule has 222 valence electrons. The van der Waals surface area contributed by atoms with Crippen molar-refractivity contribution in [3.05, 3.63) is 20.8 Å². The van der Waals surface area contributed by atoms with Crippen LogP contribution in [0.1, 0.15) is 39.8 Å². The number of nitrogen functional groups attached to an aromatic ring is 1. The first kappa shape index (κ1) is 32.0. The van der Waals surface area contributed by atoms with Gasteiger partial charge >= 0.3 is 17.9 Å². The number of aromatic nitrogens is 1. The summed E-state index contributed by atoms with van der Waals surface area (Å²) in [5.41, 5.74) is 4.35. The van der Waals surface area contributed by atoms with Crippen molar-refractivity contribution in [2.45, 2.75) is 51.1 Å². The maximum absolute atomic E-state index is 13.2. The van der Waals surface area contributed by atoms with E-state index < -0.39 is 77.9 Å². The number of thioether (sulfide) groups is 1. The highest BCUT2D eigenvalue weighted by molar-refractivity contribution is 9.11. The molecule has 0 unspecified atom stereocenters. The minimum Gasteiger partial charge on any atom is -0.477 e. The van der Waals surface area contributed by atoms with E-state index in [2.05, 4.69) is 31.4 Å². The first-order valence-electron chi connectivity index (χ1n) is 11.8. The van der Waals surface area contributed by atoms with Crippen LogP contribution in [-0.2, 0) is 43.1 Å². The molecule has 0 radical (unpaired) electrons. The minimum atomic E-state index is -1.43. The minimum absolute atomic E-state index is 0.00472. The lowest BCUT2D eigenvalue weighted by Crippen LogP contribution is -2.71. The highest BCUT2D eigenvalue weighted by Crippen LogP contribution is 2.40. The van der Waals surface area contributed by atoms with Crippen LogP contribution in [0.4, 0.5) is 5.13 Å². The summed E-state index contributed by atoms with van der Waals surface area (Å²) >= 11 is 5.39. The number of rotatable bonds is 11. The zero-order valence-electron chi connectivity index (χ0n) is 22.2. The van der Waals surface area contributed by atoms with Gasteiger partial charge in [0.1, 0.15) is 51.0 Å². The molecule has 0 spiro atoms. The monoisotopic (exact) mass is 675 g/mol. The van der Waals surface area contributed by atoms with Gasteiger partial charge in [-0.2, -0.15) is 0 Å². The number of carboxylic acids is 1. The van der Waals surface area contributed by atoms with Crippen LogP contribution in [0.5, 0.6) is 0 Å². The predicted octanol–water partition coefficient (Wildman–Crippen LogP) is 0.811. The van der Waals surface area contributed by atoms with E-state index in [0.717, 1.165) is 28.0 Å². The van der Waals surface area contributed by atoms with Crippen LogP contribution in [0.2, 0.25) is 0 Å². The van der Waals surface area contributed by atoms with Gasteiger partial charge in [-0.05, 0) is 43.6 Å². The Morgan fingerprint density at radius 2 is 1.93 bits per heavy atom. The molecule has 2 aliphatic rings. The van der Waals surface area contributed by atoms with Gasteiger partial charge in [0.2, 0.25) is 6.61 Å². The molecule has 0 aliphatic carbocycles. The molecule has 1 fully saturated rings. The van der Waals surface area contributed by atoms with Crippen molar-refractivity contribution in [2.24, 2.45) is 5.16 Å². The Kier molecular flexibility index (Phi) is 10.1. The molecule has 4 N–H and O–H groups in total. The third-order valence-corrected chi connectivity index (χ3v) is 8.01. The van der Waals surface area contributed by atoms with Gasteiger partial charge in [0.05, 0.1) is 0 Å². The molecule has 2 atom stereocenters. The Labute approximate surface area is 249 Å². The zero-order chi connectivity index (χ0) is 30.6. The lowest BCUT2D eigenvalue weighted by molar-refractivity contribution is -0.160. The standard InChI is InChI=1S/C23H26BrN5O10S2/c1-9(30)5-11(31)37-6-10-8-40-20-15(19(34)29(20)16(10)21(35)36)26-18(33)14(13-17(24)41-22(25)27-13)28-38-7-12(32)39-23(2,3)4/h15,20H,5-8H2,1-4H3,(H2,25,27)(H,26,33)(H,35,36)/b28-14-/t15-,20-/m1/s1. The van der Waals surface area contributed by atoms with Gasteiger partial charge in [0, 0.05) is 11.3 Å². The highest BCUT2D eigenvalue weighted by atomic mass is 79.9. The summed E-state index contributed by atoms with van der Waals surface area (Å²) in [6.45, 7) is 5.17. The Hall–Kier alpha value is -3.51. The number of carbonyl (C=O) groups excluding carboxylic acids is 5. The zero-order valence-corrected chi connectivity index (χ0v) is 25.4. The summed E-state index contributed by atoms with van der Waals surface area (Å²) in [6.07, 6.45) is -0.464. The molecule has 1 aromatic rings. The molecule has 41 heavy (non-hydrogen) atoms. The van der Waals surface area contributed by atoms with Crippen LogP contribution in [0, 0.1) is 0 Å². The maximum Gasteiger partial charge on any atom is 0.352 e. The third-order valence-electron chi connectivity index (χ3n) is 5.14. The maximum atomic E-state index is 13.2. The van der Waals surface area contributed by atoms with Crippen molar-refractivity contribution >= 4 is 85.4 Å². The lowest BCUT2D eigenvalue weighted by Gasteiger charge is -2.49. The molecule has 2 amide bonds. The summed E-state index contributed by atoms with van der Waals surface area (Å²) in [5, 5.41) is 15.3. The second-order valence-electron chi connectivity index (χ2n) is 9.63. The van der Waals surface area contributed by atoms with Crippen LogP contribution in [0.25, 0.3) is 0 Å². The van der Waals surface area contributed by atoms with E-state index in [4.69, 9.17) is 20.0 Å². The molecule has 2 aliphatic heterocycles. The number of amides is 2. The van der Waals surface area contributed by atoms with E-state index in [0.29, 0.717) is 3.79 Å². The Morgan fingerprint density at radius 1 is 1.24 bits per heavy atom. The number of carbonyl (C=O) groups is 6. The predicted molar refractivity (Wildman–Crippen MR) is 149 cm³/mol. The normalized spacial score (nSPS) is 18.7. The number of ketones is 1. The van der Waals surface area contributed by atoms with Gasteiger partial charge in [0.25, 0.3) is 11.8 Å². The summed E-state index contributed by atoms with van der Waals surface area (Å²) in [5.74, 6) is -4.96. The number of ether oxygens (including phenoxy) is 2. The quantitative estimate of drug-likeness (QED) is 0.0974. The van der Waals surface area contributed by atoms with E-state index in [1.165, 1.54) is 6.92 Å². The smallest absolute Gasteiger partial charge is 0.352 e. The van der Waals surface area contributed by atoms with Gasteiger partial charge in [-0.25, -0.2) is 14.6 Å². The summed E-state index contributed by atoms with van der Waals surface area (Å²) in [7, 11) is 0. The number of esters is 2. The number of nitrogens with one attached hydrogen (secondary N) is 1. The van der Waals surface area contributed by atoms with Crippen molar-refractivity contribution in [1.82, 2.24) is 15.2 Å². The fourth-order valence-electron chi connectivity index (χ4n) is 3.60. The lowest BCUT2D eigenvalue weighted by atomic mass is 10.0. The number of nitrogens with two attached hydrogens (primary N) is 1. The van der Waals surface area contributed by atoms with Crippen LogP contribution in [0.3, 0.4) is 0 Å². The highest BCUT2D eigenvalue weighted by Gasteiger charge is 2.54. The number of thiazole rings is 1. The number of β-lactam (4-membered cyclic amide) rings is 1. The summed E-state index contributed by atoms with van der Waals surface area (Å²) in [6, 6.07) is -1.14. The average molecular weight is 677 g/mol. The van der Waals surface area contributed by atoms with Crippen LogP contribution >= 0.6 is 39.0 Å². The molecule has 3 rings (SSSR count). The van der Waals surface area contributed by atoms with E-state index in [-0.39, 0.29) is 27.8 Å². The van der Waals surface area contributed by atoms with Crippen molar-refractivity contribution in [3.63, 3.8) is 0 Å². The first-order chi connectivity index (χ1) is 19.1. The largest absolute Gasteiger partial charge is 0.477 e. The molecule has 0 aromatic carbocycles. The second-order valence-corrected chi connectivity index (χ2v) is 13.1. The average Bonchev–Trinajstić information content (AvgIpc) is 3.18. The van der Waals surface area contributed by atoms with Gasteiger partial charge in [-0.3, -0.25) is 24.1 Å². The van der Waals surface area contributed by atoms with Crippen LogP contribution in [-0.4, -0.2) is 92.2 Å². The number of fused-ring (bicyclic) bond motifs is 1. The molecular formula is C23H26BrN5O10S2. The number of aliphatic carboxylic acids is 1. The van der Waals surface area contributed by atoms with Gasteiger partial charge in [0.15, 0.2) is 10.8 Å². The Balaban J connectivity index is 1.76. The van der Waals surface area contributed by atoms with E-state index >= 15 is 0 Å².